The summed E-state index contributed by atoms with van der Waals surface area (Å²) in [5.41, 5.74) is 3.32. The molecule has 0 fully saturated rings. The van der Waals surface area contributed by atoms with Crippen LogP contribution in [0.3, 0.4) is 0 Å². The van der Waals surface area contributed by atoms with Crippen LogP contribution in [0.1, 0.15) is 5.56 Å². The monoisotopic (exact) mass is 233 g/mol. The first kappa shape index (κ1) is 11.3. The number of benzene rings is 1. The maximum Gasteiger partial charge on any atom is 0.146 e. The van der Waals surface area contributed by atoms with E-state index in [9.17, 15) is 4.39 Å². The predicted octanol–water partition coefficient (Wildman–Crippen LogP) is 2.09. The number of hydrazine groups is 1. The van der Waals surface area contributed by atoms with Crippen LogP contribution in [-0.4, -0.2) is 4.98 Å². The molecule has 17 heavy (non-hydrogen) atoms. The quantitative estimate of drug-likeness (QED) is 0.627. The Kier molecular flexibility index (Phi) is 3.52. The summed E-state index contributed by atoms with van der Waals surface area (Å²) in [5, 5.41) is 0. The van der Waals surface area contributed by atoms with Gasteiger partial charge in [0.2, 0.25) is 0 Å². The molecule has 0 bridgehead atoms. The van der Waals surface area contributed by atoms with Crippen molar-refractivity contribution in [3.8, 4) is 5.75 Å². The Morgan fingerprint density at radius 2 is 2.00 bits per heavy atom. The third-order valence-electron chi connectivity index (χ3n) is 2.24. The highest BCUT2D eigenvalue weighted by molar-refractivity contribution is 5.42. The molecule has 0 atom stereocenters. The minimum Gasteiger partial charge on any atom is -0.489 e. The summed E-state index contributed by atoms with van der Waals surface area (Å²) in [6, 6.07) is 9.49. The number of nitrogen functional groups attached to an aromatic ring is 1. The Morgan fingerprint density at radius 1 is 1.24 bits per heavy atom. The number of nitrogens with one attached hydrogen (secondary N) is 1. The molecule has 5 heteroatoms. The normalized spacial score (nSPS) is 10.0. The molecule has 0 radical (unpaired) electrons. The molecular formula is C12H12FN3O. The Hall–Kier alpha value is -2.14. The number of ether oxygens (including phenoxy) is 1. The molecule has 2 rings (SSSR count). The van der Waals surface area contributed by atoms with Crippen molar-refractivity contribution in [2.24, 2.45) is 5.84 Å². The van der Waals surface area contributed by atoms with E-state index in [-0.39, 0.29) is 5.82 Å². The van der Waals surface area contributed by atoms with Crippen LogP contribution in [0.2, 0.25) is 0 Å². The van der Waals surface area contributed by atoms with Crippen LogP contribution < -0.4 is 16.0 Å². The van der Waals surface area contributed by atoms with Crippen molar-refractivity contribution < 1.29 is 9.13 Å². The van der Waals surface area contributed by atoms with Gasteiger partial charge in [-0.15, -0.1) is 0 Å². The van der Waals surface area contributed by atoms with E-state index in [0.717, 1.165) is 5.56 Å². The van der Waals surface area contributed by atoms with Crippen molar-refractivity contribution in [3.63, 3.8) is 0 Å². The number of hydrogen-bond acceptors (Lipinski definition) is 4. The molecule has 0 aliphatic rings. The highest BCUT2D eigenvalue weighted by Gasteiger charge is 2.02. The summed E-state index contributed by atoms with van der Waals surface area (Å²) in [7, 11) is 0. The molecule has 0 amide bonds. The summed E-state index contributed by atoms with van der Waals surface area (Å²) in [4.78, 5) is 4.05. The van der Waals surface area contributed by atoms with Gasteiger partial charge < -0.3 is 10.2 Å². The summed E-state index contributed by atoms with van der Waals surface area (Å²) >= 11 is 0. The van der Waals surface area contributed by atoms with Crippen LogP contribution >= 0.6 is 0 Å². The number of halogens is 1. The lowest BCUT2D eigenvalue weighted by Gasteiger charge is -2.09. The SMILES string of the molecule is NNc1ncccc1COc1ccc(F)cc1. The molecule has 0 aliphatic carbocycles. The number of pyridine rings is 1. The van der Waals surface area contributed by atoms with Crippen LogP contribution in [0.25, 0.3) is 0 Å². The van der Waals surface area contributed by atoms with Gasteiger partial charge in [0.1, 0.15) is 24.0 Å². The lowest BCUT2D eigenvalue weighted by atomic mass is 10.2. The van der Waals surface area contributed by atoms with Gasteiger partial charge in [0, 0.05) is 11.8 Å². The van der Waals surface area contributed by atoms with Crippen LogP contribution in [0, 0.1) is 5.82 Å². The van der Waals surface area contributed by atoms with E-state index >= 15 is 0 Å². The second-order valence-electron chi connectivity index (χ2n) is 3.40. The Balaban J connectivity index is 2.04. The maximum absolute atomic E-state index is 12.7. The van der Waals surface area contributed by atoms with Gasteiger partial charge in [-0.25, -0.2) is 15.2 Å². The number of hydrogen-bond donors (Lipinski definition) is 2. The van der Waals surface area contributed by atoms with Crippen molar-refractivity contribution in [2.45, 2.75) is 6.61 Å². The fourth-order valence-electron chi connectivity index (χ4n) is 1.38. The standard InChI is InChI=1S/C12H12FN3O/c13-10-3-5-11(6-4-10)17-8-9-2-1-7-15-12(9)16-14/h1-7H,8,14H2,(H,15,16). The molecule has 0 saturated carbocycles. The van der Waals surface area contributed by atoms with Gasteiger partial charge in [-0.1, -0.05) is 6.07 Å². The minimum atomic E-state index is -0.289. The smallest absolute Gasteiger partial charge is 0.146 e. The van der Waals surface area contributed by atoms with Gasteiger partial charge in [-0.3, -0.25) is 0 Å². The Bertz CT molecular complexity index is 487. The average molecular weight is 233 g/mol. The zero-order valence-electron chi connectivity index (χ0n) is 9.06. The summed E-state index contributed by atoms with van der Waals surface area (Å²) < 4.78 is 18.2. The summed E-state index contributed by atoms with van der Waals surface area (Å²) in [6.07, 6.45) is 1.64. The molecule has 2 aromatic rings. The van der Waals surface area contributed by atoms with Crippen molar-refractivity contribution in [3.05, 3.63) is 54.0 Å². The molecule has 3 N–H and O–H groups in total. The lowest BCUT2D eigenvalue weighted by molar-refractivity contribution is 0.306. The van der Waals surface area contributed by atoms with Gasteiger partial charge in [0.25, 0.3) is 0 Å². The van der Waals surface area contributed by atoms with E-state index in [4.69, 9.17) is 10.6 Å². The summed E-state index contributed by atoms with van der Waals surface area (Å²) in [6.45, 7) is 0.318. The molecular weight excluding hydrogens is 221 g/mol. The molecule has 0 spiro atoms. The maximum atomic E-state index is 12.7. The second-order valence-corrected chi connectivity index (χ2v) is 3.40. The van der Waals surface area contributed by atoms with E-state index in [1.54, 1.807) is 24.4 Å². The third kappa shape index (κ3) is 2.92. The summed E-state index contributed by atoms with van der Waals surface area (Å²) in [5.74, 6) is 6.19. The minimum absolute atomic E-state index is 0.289. The average Bonchev–Trinajstić information content (AvgIpc) is 2.38. The Labute approximate surface area is 98.2 Å². The van der Waals surface area contributed by atoms with Crippen LogP contribution in [-0.2, 0) is 6.61 Å². The third-order valence-corrected chi connectivity index (χ3v) is 2.24. The molecule has 1 aromatic carbocycles. The molecule has 4 nitrogen and oxygen atoms in total. The van der Waals surface area contributed by atoms with E-state index in [2.05, 4.69) is 10.4 Å². The molecule has 88 valence electrons. The first-order chi connectivity index (χ1) is 8.29. The van der Waals surface area contributed by atoms with Crippen molar-refractivity contribution in [1.82, 2.24) is 4.98 Å². The van der Waals surface area contributed by atoms with Gasteiger partial charge >= 0.3 is 0 Å². The fraction of sp³-hybridized carbons (Fsp3) is 0.0833. The number of nitrogens with zero attached hydrogens (tertiary/aromatic N) is 1. The largest absolute Gasteiger partial charge is 0.489 e. The van der Waals surface area contributed by atoms with Gasteiger partial charge in [-0.2, -0.15) is 0 Å². The topological polar surface area (TPSA) is 60.2 Å². The van der Waals surface area contributed by atoms with Crippen LogP contribution in [0.4, 0.5) is 10.2 Å². The van der Waals surface area contributed by atoms with Crippen LogP contribution in [0.5, 0.6) is 5.75 Å². The first-order valence-corrected chi connectivity index (χ1v) is 5.08. The highest BCUT2D eigenvalue weighted by Crippen LogP contribution is 2.16. The van der Waals surface area contributed by atoms with E-state index in [0.29, 0.717) is 18.2 Å². The first-order valence-electron chi connectivity index (χ1n) is 5.08. The number of aromatic nitrogens is 1. The number of anilines is 1. The zero-order valence-corrected chi connectivity index (χ0v) is 9.06. The van der Waals surface area contributed by atoms with Crippen molar-refractivity contribution >= 4 is 5.82 Å². The zero-order chi connectivity index (χ0) is 12.1. The number of nitrogens with two attached hydrogens (primary N) is 1. The molecule has 0 saturated heterocycles. The predicted molar refractivity (Wildman–Crippen MR) is 62.8 cm³/mol. The van der Waals surface area contributed by atoms with Gasteiger partial charge in [0.05, 0.1) is 0 Å². The van der Waals surface area contributed by atoms with E-state index < -0.39 is 0 Å². The molecule has 0 aliphatic heterocycles. The number of rotatable bonds is 4. The molecule has 1 aromatic heterocycles. The lowest BCUT2D eigenvalue weighted by Crippen LogP contribution is -2.12. The Morgan fingerprint density at radius 3 is 2.71 bits per heavy atom. The second kappa shape index (κ2) is 5.27. The fourth-order valence-corrected chi connectivity index (χ4v) is 1.38. The van der Waals surface area contributed by atoms with Crippen molar-refractivity contribution in [2.75, 3.05) is 5.43 Å². The van der Waals surface area contributed by atoms with E-state index in [1.165, 1.54) is 12.1 Å². The van der Waals surface area contributed by atoms with Gasteiger partial charge in [0.15, 0.2) is 0 Å². The van der Waals surface area contributed by atoms with Gasteiger partial charge in [-0.05, 0) is 30.3 Å². The van der Waals surface area contributed by atoms with Crippen molar-refractivity contribution in [1.29, 1.82) is 0 Å². The molecule has 1 heterocycles. The molecule has 0 unspecified atom stereocenters. The van der Waals surface area contributed by atoms with E-state index in [1.807, 2.05) is 6.07 Å². The van der Waals surface area contributed by atoms with Crippen LogP contribution in [0.15, 0.2) is 42.6 Å². The highest BCUT2D eigenvalue weighted by atomic mass is 19.1.